The normalized spacial score (nSPS) is 10.7. The fourth-order valence-electron chi connectivity index (χ4n) is 1.27. The van der Waals surface area contributed by atoms with Crippen LogP contribution in [-0.4, -0.2) is 10.1 Å². The molecule has 0 aliphatic heterocycles. The van der Waals surface area contributed by atoms with Crippen LogP contribution in [0.4, 0.5) is 0 Å². The first kappa shape index (κ1) is 9.83. The Morgan fingerprint density at radius 1 is 1.50 bits per heavy atom. The van der Waals surface area contributed by atoms with Gasteiger partial charge in [0.25, 0.3) is 0 Å². The van der Waals surface area contributed by atoms with Gasteiger partial charge in [-0.1, -0.05) is 6.07 Å². The van der Waals surface area contributed by atoms with Crippen LogP contribution in [0, 0.1) is 6.92 Å². The topological polar surface area (TPSA) is 33.1 Å². The van der Waals surface area contributed by atoms with Gasteiger partial charge in [-0.3, -0.25) is 0 Å². The molecule has 0 saturated carbocycles. The maximum absolute atomic E-state index is 9.03. The first-order chi connectivity index (χ1) is 6.79. The van der Waals surface area contributed by atoms with Gasteiger partial charge in [0.2, 0.25) is 0 Å². The summed E-state index contributed by atoms with van der Waals surface area (Å²) in [5.41, 5.74) is 0.962. The van der Waals surface area contributed by atoms with Crippen LogP contribution in [0.25, 0.3) is 0 Å². The van der Waals surface area contributed by atoms with Crippen LogP contribution >= 0.6 is 22.7 Å². The van der Waals surface area contributed by atoms with Crippen LogP contribution in [-0.2, 0) is 13.0 Å². The Hall–Kier alpha value is -0.710. The maximum atomic E-state index is 9.03. The Morgan fingerprint density at radius 3 is 2.93 bits per heavy atom. The lowest BCUT2D eigenvalue weighted by Crippen LogP contribution is -1.83. The van der Waals surface area contributed by atoms with Gasteiger partial charge in [-0.25, -0.2) is 4.98 Å². The van der Waals surface area contributed by atoms with Gasteiger partial charge < -0.3 is 5.11 Å². The Labute approximate surface area is 90.9 Å². The summed E-state index contributed by atoms with van der Waals surface area (Å²) in [6, 6.07) is 4.16. The van der Waals surface area contributed by atoms with E-state index in [1.54, 1.807) is 22.7 Å². The molecule has 1 N–H and O–H groups in total. The highest BCUT2D eigenvalue weighted by atomic mass is 32.1. The van der Waals surface area contributed by atoms with Crippen molar-refractivity contribution in [3.8, 4) is 0 Å². The van der Waals surface area contributed by atoms with Gasteiger partial charge in [0.1, 0.15) is 0 Å². The van der Waals surface area contributed by atoms with Gasteiger partial charge in [-0.05, 0) is 18.4 Å². The molecule has 0 saturated heterocycles. The summed E-state index contributed by atoms with van der Waals surface area (Å²) in [6.07, 6.45) is 0.892. The zero-order valence-corrected chi connectivity index (χ0v) is 9.49. The molecule has 2 rings (SSSR count). The molecule has 14 heavy (non-hydrogen) atoms. The predicted molar refractivity (Wildman–Crippen MR) is 59.9 cm³/mol. The highest BCUT2D eigenvalue weighted by molar-refractivity contribution is 7.12. The summed E-state index contributed by atoms with van der Waals surface area (Å²) in [5, 5.41) is 12.2. The lowest BCUT2D eigenvalue weighted by molar-refractivity contribution is 0.284. The summed E-state index contributed by atoms with van der Waals surface area (Å²) in [6.45, 7) is 2.05. The van der Waals surface area contributed by atoms with Crippen LogP contribution in [0.5, 0.6) is 0 Å². The minimum absolute atomic E-state index is 0.105. The molecule has 0 amide bonds. The number of rotatable bonds is 3. The summed E-state index contributed by atoms with van der Waals surface area (Å²) in [5.74, 6) is 0. The van der Waals surface area contributed by atoms with E-state index in [4.69, 9.17) is 5.11 Å². The average Bonchev–Trinajstić information content (AvgIpc) is 2.76. The Balaban J connectivity index is 2.17. The van der Waals surface area contributed by atoms with Crippen LogP contribution in [0.15, 0.2) is 17.5 Å². The van der Waals surface area contributed by atoms with Gasteiger partial charge in [0.05, 0.1) is 22.2 Å². The molecule has 0 aromatic carbocycles. The lowest BCUT2D eigenvalue weighted by Gasteiger charge is -1.89. The fraction of sp³-hybridized carbons (Fsp3) is 0.300. The maximum Gasteiger partial charge on any atom is 0.0983 e. The second-order valence-corrected chi connectivity index (χ2v) is 5.23. The van der Waals surface area contributed by atoms with Gasteiger partial charge in [0, 0.05) is 11.3 Å². The minimum atomic E-state index is 0.105. The first-order valence-corrected chi connectivity index (χ1v) is 6.07. The van der Waals surface area contributed by atoms with Crippen molar-refractivity contribution in [2.24, 2.45) is 0 Å². The van der Waals surface area contributed by atoms with Crippen molar-refractivity contribution in [1.82, 2.24) is 4.98 Å². The quantitative estimate of drug-likeness (QED) is 0.871. The molecule has 0 aliphatic rings. The number of hydrogen-bond donors (Lipinski definition) is 1. The van der Waals surface area contributed by atoms with Crippen LogP contribution < -0.4 is 0 Å². The number of hydrogen-bond acceptors (Lipinski definition) is 4. The van der Waals surface area contributed by atoms with Crippen molar-refractivity contribution in [3.63, 3.8) is 0 Å². The summed E-state index contributed by atoms with van der Waals surface area (Å²) >= 11 is 3.35. The van der Waals surface area contributed by atoms with E-state index >= 15 is 0 Å². The summed E-state index contributed by atoms with van der Waals surface area (Å²) < 4.78 is 0. The van der Waals surface area contributed by atoms with E-state index in [0.29, 0.717) is 0 Å². The number of thiophene rings is 1. The number of nitrogens with zero attached hydrogens (tertiary/aromatic N) is 1. The summed E-state index contributed by atoms with van der Waals surface area (Å²) in [4.78, 5) is 6.73. The van der Waals surface area contributed by atoms with Crippen molar-refractivity contribution < 1.29 is 5.11 Å². The van der Waals surface area contributed by atoms with E-state index in [1.807, 2.05) is 13.0 Å². The molecule has 2 nitrogen and oxygen atoms in total. The van der Waals surface area contributed by atoms with E-state index in [1.165, 1.54) is 4.88 Å². The van der Waals surface area contributed by atoms with E-state index in [9.17, 15) is 0 Å². The van der Waals surface area contributed by atoms with Crippen LogP contribution in [0.2, 0.25) is 0 Å². The van der Waals surface area contributed by atoms with Gasteiger partial charge in [-0.15, -0.1) is 22.7 Å². The largest absolute Gasteiger partial charge is 0.391 e. The monoisotopic (exact) mass is 225 g/mol. The molecule has 0 aliphatic carbocycles. The number of aromatic nitrogens is 1. The molecule has 0 fully saturated rings. The molecular weight excluding hydrogens is 214 g/mol. The molecule has 0 radical (unpaired) electrons. The van der Waals surface area contributed by atoms with Crippen molar-refractivity contribution >= 4 is 22.7 Å². The molecule has 2 aromatic rings. The van der Waals surface area contributed by atoms with E-state index < -0.39 is 0 Å². The van der Waals surface area contributed by atoms with Gasteiger partial charge >= 0.3 is 0 Å². The molecule has 4 heteroatoms. The molecule has 74 valence electrons. The lowest BCUT2D eigenvalue weighted by atomic mass is 10.3. The molecular formula is C10H11NOS2. The third kappa shape index (κ3) is 2.03. The number of aliphatic hydroxyl groups excluding tert-OH is 1. The van der Waals surface area contributed by atoms with Crippen LogP contribution in [0.3, 0.4) is 0 Å². The van der Waals surface area contributed by atoms with Gasteiger partial charge in [-0.2, -0.15) is 0 Å². The van der Waals surface area contributed by atoms with Crippen molar-refractivity contribution in [1.29, 1.82) is 0 Å². The van der Waals surface area contributed by atoms with E-state index in [0.717, 1.165) is 22.0 Å². The van der Waals surface area contributed by atoms with Crippen molar-refractivity contribution in [2.75, 3.05) is 0 Å². The standard InChI is InChI=1S/C10H11NOS2/c1-7-9(6-12)14-10(11-7)5-8-3-2-4-13-8/h2-4,12H,5-6H2,1H3. The molecule has 0 atom stereocenters. The number of aliphatic hydroxyl groups is 1. The second kappa shape index (κ2) is 4.21. The highest BCUT2D eigenvalue weighted by Gasteiger charge is 2.07. The zero-order valence-electron chi connectivity index (χ0n) is 7.86. The highest BCUT2D eigenvalue weighted by Crippen LogP contribution is 2.22. The van der Waals surface area contributed by atoms with Gasteiger partial charge in [0.15, 0.2) is 0 Å². The molecule has 2 aromatic heterocycles. The molecule has 0 unspecified atom stereocenters. The number of thiazole rings is 1. The third-order valence-corrected chi connectivity index (χ3v) is 4.00. The zero-order chi connectivity index (χ0) is 9.97. The van der Waals surface area contributed by atoms with Crippen LogP contribution in [0.1, 0.15) is 20.5 Å². The SMILES string of the molecule is Cc1nc(Cc2cccs2)sc1CO. The Bertz CT molecular complexity index is 406. The Kier molecular flexibility index (Phi) is 2.96. The first-order valence-electron chi connectivity index (χ1n) is 4.38. The van der Waals surface area contributed by atoms with E-state index in [2.05, 4.69) is 16.4 Å². The molecule has 2 heterocycles. The second-order valence-electron chi connectivity index (χ2n) is 3.03. The number of aryl methyl sites for hydroxylation is 1. The molecule has 0 spiro atoms. The fourth-order valence-corrected chi connectivity index (χ4v) is 3.03. The Morgan fingerprint density at radius 2 is 2.36 bits per heavy atom. The van der Waals surface area contributed by atoms with Crippen molar-refractivity contribution in [3.05, 3.63) is 38.0 Å². The van der Waals surface area contributed by atoms with Crippen molar-refractivity contribution in [2.45, 2.75) is 20.0 Å². The van der Waals surface area contributed by atoms with E-state index in [-0.39, 0.29) is 6.61 Å². The third-order valence-electron chi connectivity index (χ3n) is 1.99. The molecule has 0 bridgehead atoms. The minimum Gasteiger partial charge on any atom is -0.391 e. The summed E-state index contributed by atoms with van der Waals surface area (Å²) in [7, 11) is 0. The average molecular weight is 225 g/mol. The predicted octanol–water partition coefficient (Wildman–Crippen LogP) is 2.60. The smallest absolute Gasteiger partial charge is 0.0983 e.